The Morgan fingerprint density at radius 1 is 1.16 bits per heavy atom. The second kappa shape index (κ2) is 9.00. The van der Waals surface area contributed by atoms with Gasteiger partial charge in [-0.1, -0.05) is 62.2 Å². The van der Waals surface area contributed by atoms with E-state index in [1.54, 1.807) is 0 Å². The van der Waals surface area contributed by atoms with Gasteiger partial charge in [-0.05, 0) is 42.1 Å². The maximum Gasteiger partial charge on any atom is 0.224 e. The standard InChI is InChI=1S/C22H30N2O/c1-2-3-6-14-23-22(25)20-12-8-15-24(17-20)16-19-11-7-10-18-9-4-5-13-21(18)19/h4-5,7,9-11,13,20H,2-3,6,8,12,14-17H2,1H3,(H,23,25). The van der Waals surface area contributed by atoms with Crippen LogP contribution in [0.25, 0.3) is 10.8 Å². The third-order valence-electron chi connectivity index (χ3n) is 5.23. The van der Waals surface area contributed by atoms with Gasteiger partial charge in [-0.3, -0.25) is 9.69 Å². The van der Waals surface area contributed by atoms with Crippen LogP contribution in [0.4, 0.5) is 0 Å². The van der Waals surface area contributed by atoms with E-state index >= 15 is 0 Å². The van der Waals surface area contributed by atoms with Crippen LogP contribution in [0.15, 0.2) is 42.5 Å². The Hall–Kier alpha value is -1.87. The highest BCUT2D eigenvalue weighted by molar-refractivity contribution is 5.85. The molecule has 1 atom stereocenters. The fourth-order valence-electron chi connectivity index (χ4n) is 3.82. The van der Waals surface area contributed by atoms with Gasteiger partial charge in [0.25, 0.3) is 0 Å². The molecule has 1 unspecified atom stereocenters. The Labute approximate surface area is 151 Å². The van der Waals surface area contributed by atoms with E-state index in [0.29, 0.717) is 0 Å². The fraction of sp³-hybridized carbons (Fsp3) is 0.500. The summed E-state index contributed by atoms with van der Waals surface area (Å²) in [4.78, 5) is 14.9. The van der Waals surface area contributed by atoms with Crippen LogP contribution < -0.4 is 5.32 Å². The van der Waals surface area contributed by atoms with Crippen LogP contribution in [0, 0.1) is 5.92 Å². The Bertz CT molecular complexity index is 692. The molecule has 3 heteroatoms. The first-order chi connectivity index (χ1) is 12.3. The summed E-state index contributed by atoms with van der Waals surface area (Å²) in [7, 11) is 0. The van der Waals surface area contributed by atoms with Crippen molar-refractivity contribution >= 4 is 16.7 Å². The summed E-state index contributed by atoms with van der Waals surface area (Å²) in [6.07, 6.45) is 5.61. The number of benzene rings is 2. The van der Waals surface area contributed by atoms with Crippen LogP contribution in [0.3, 0.4) is 0 Å². The zero-order valence-corrected chi connectivity index (χ0v) is 15.3. The van der Waals surface area contributed by atoms with Crippen molar-refractivity contribution in [1.82, 2.24) is 10.2 Å². The molecule has 1 N–H and O–H groups in total. The van der Waals surface area contributed by atoms with E-state index in [9.17, 15) is 4.79 Å². The number of nitrogens with one attached hydrogen (secondary N) is 1. The SMILES string of the molecule is CCCCCNC(=O)C1CCCN(Cc2cccc3ccccc23)C1. The molecule has 1 amide bonds. The van der Waals surface area contributed by atoms with Crippen molar-refractivity contribution in [1.29, 1.82) is 0 Å². The van der Waals surface area contributed by atoms with Gasteiger partial charge in [0.1, 0.15) is 0 Å². The summed E-state index contributed by atoms with van der Waals surface area (Å²) in [6.45, 7) is 5.91. The van der Waals surface area contributed by atoms with Gasteiger partial charge >= 0.3 is 0 Å². The van der Waals surface area contributed by atoms with Crippen molar-refractivity contribution in [2.75, 3.05) is 19.6 Å². The minimum atomic E-state index is 0.144. The van der Waals surface area contributed by atoms with Crippen molar-refractivity contribution in [3.63, 3.8) is 0 Å². The second-order valence-corrected chi connectivity index (χ2v) is 7.21. The summed E-state index contributed by atoms with van der Waals surface area (Å²) in [5.74, 6) is 0.393. The lowest BCUT2D eigenvalue weighted by Crippen LogP contribution is -2.42. The van der Waals surface area contributed by atoms with Gasteiger partial charge in [0.05, 0.1) is 5.92 Å². The molecule has 1 aliphatic heterocycles. The highest BCUT2D eigenvalue weighted by Crippen LogP contribution is 2.23. The highest BCUT2D eigenvalue weighted by Gasteiger charge is 2.25. The normalized spacial score (nSPS) is 18.4. The molecule has 0 saturated carbocycles. The number of piperidine rings is 1. The number of hydrogen-bond acceptors (Lipinski definition) is 2. The first-order valence-electron chi connectivity index (χ1n) is 9.74. The maximum atomic E-state index is 12.4. The van der Waals surface area contributed by atoms with Crippen molar-refractivity contribution in [3.8, 4) is 0 Å². The molecule has 3 nitrogen and oxygen atoms in total. The Morgan fingerprint density at radius 2 is 2.00 bits per heavy atom. The van der Waals surface area contributed by atoms with Crippen LogP contribution >= 0.6 is 0 Å². The van der Waals surface area contributed by atoms with Gasteiger partial charge in [0.15, 0.2) is 0 Å². The lowest BCUT2D eigenvalue weighted by molar-refractivity contribution is -0.126. The number of rotatable bonds is 7. The average Bonchev–Trinajstić information content (AvgIpc) is 2.66. The summed E-state index contributed by atoms with van der Waals surface area (Å²) < 4.78 is 0. The lowest BCUT2D eigenvalue weighted by atomic mass is 9.96. The summed E-state index contributed by atoms with van der Waals surface area (Å²) in [5, 5.41) is 5.76. The lowest BCUT2D eigenvalue weighted by Gasteiger charge is -2.32. The van der Waals surface area contributed by atoms with E-state index < -0.39 is 0 Å². The fourth-order valence-corrected chi connectivity index (χ4v) is 3.82. The van der Waals surface area contributed by atoms with Gasteiger partial charge < -0.3 is 5.32 Å². The van der Waals surface area contributed by atoms with Crippen LogP contribution in [0.2, 0.25) is 0 Å². The number of unbranched alkanes of at least 4 members (excludes halogenated alkanes) is 2. The first-order valence-corrected chi connectivity index (χ1v) is 9.74. The smallest absolute Gasteiger partial charge is 0.224 e. The number of amides is 1. The number of carbonyl (C=O) groups is 1. The molecule has 0 radical (unpaired) electrons. The minimum absolute atomic E-state index is 0.144. The van der Waals surface area contributed by atoms with Crippen LogP contribution in [0.1, 0.15) is 44.6 Å². The van der Waals surface area contributed by atoms with Crippen LogP contribution in [0.5, 0.6) is 0 Å². The Morgan fingerprint density at radius 3 is 2.88 bits per heavy atom. The van der Waals surface area contributed by atoms with E-state index in [0.717, 1.165) is 45.4 Å². The molecule has 0 aliphatic carbocycles. The zero-order valence-electron chi connectivity index (χ0n) is 15.3. The van der Waals surface area contributed by atoms with Crippen LogP contribution in [-0.2, 0) is 11.3 Å². The second-order valence-electron chi connectivity index (χ2n) is 7.21. The minimum Gasteiger partial charge on any atom is -0.356 e. The Kier molecular flexibility index (Phi) is 6.46. The quantitative estimate of drug-likeness (QED) is 0.761. The summed E-state index contributed by atoms with van der Waals surface area (Å²) >= 11 is 0. The van der Waals surface area contributed by atoms with E-state index in [2.05, 4.69) is 59.6 Å². The van der Waals surface area contributed by atoms with Gasteiger partial charge in [0, 0.05) is 19.6 Å². The predicted octanol–water partition coefficient (Wildman–Crippen LogP) is 4.36. The molecule has 134 valence electrons. The number of hydrogen-bond donors (Lipinski definition) is 1. The molecule has 1 saturated heterocycles. The van der Waals surface area contributed by atoms with Gasteiger partial charge in [0.2, 0.25) is 5.91 Å². The van der Waals surface area contributed by atoms with Gasteiger partial charge in [-0.25, -0.2) is 0 Å². The zero-order chi connectivity index (χ0) is 17.5. The van der Waals surface area contributed by atoms with E-state index in [1.165, 1.54) is 29.2 Å². The van der Waals surface area contributed by atoms with E-state index in [1.807, 2.05) is 0 Å². The molecule has 25 heavy (non-hydrogen) atoms. The predicted molar refractivity (Wildman–Crippen MR) is 104 cm³/mol. The Balaban J connectivity index is 1.59. The topological polar surface area (TPSA) is 32.3 Å². The molecule has 3 rings (SSSR count). The van der Waals surface area contributed by atoms with Crippen molar-refractivity contribution in [2.45, 2.75) is 45.6 Å². The molecular formula is C22H30N2O. The third kappa shape index (κ3) is 4.82. The van der Waals surface area contributed by atoms with Gasteiger partial charge in [-0.2, -0.15) is 0 Å². The third-order valence-corrected chi connectivity index (χ3v) is 5.23. The highest BCUT2D eigenvalue weighted by atomic mass is 16.1. The molecule has 0 bridgehead atoms. The number of carbonyl (C=O) groups excluding carboxylic acids is 1. The van der Waals surface area contributed by atoms with Crippen molar-refractivity contribution in [3.05, 3.63) is 48.0 Å². The molecule has 2 aromatic rings. The van der Waals surface area contributed by atoms with Gasteiger partial charge in [-0.15, -0.1) is 0 Å². The molecule has 2 aromatic carbocycles. The van der Waals surface area contributed by atoms with Crippen LogP contribution in [-0.4, -0.2) is 30.4 Å². The molecular weight excluding hydrogens is 308 g/mol. The molecule has 0 spiro atoms. The number of nitrogens with zero attached hydrogens (tertiary/aromatic N) is 1. The molecule has 1 fully saturated rings. The van der Waals surface area contributed by atoms with E-state index in [4.69, 9.17) is 0 Å². The monoisotopic (exact) mass is 338 g/mol. The van der Waals surface area contributed by atoms with Crippen molar-refractivity contribution in [2.24, 2.45) is 5.92 Å². The summed E-state index contributed by atoms with van der Waals surface area (Å²) in [5.41, 5.74) is 1.36. The number of likely N-dealkylation sites (tertiary alicyclic amines) is 1. The first kappa shape index (κ1) is 17.9. The van der Waals surface area contributed by atoms with Crippen molar-refractivity contribution < 1.29 is 4.79 Å². The average molecular weight is 338 g/mol. The largest absolute Gasteiger partial charge is 0.356 e. The van der Waals surface area contributed by atoms with E-state index in [-0.39, 0.29) is 11.8 Å². The molecule has 0 aromatic heterocycles. The summed E-state index contributed by atoms with van der Waals surface area (Å²) in [6, 6.07) is 15.1. The molecule has 1 aliphatic rings. The maximum absolute atomic E-state index is 12.4. The number of fused-ring (bicyclic) bond motifs is 1. The molecule has 1 heterocycles.